The number of carbonyl (C=O) groups is 1. The molecule has 2 aromatic rings. The number of nitrogens with one attached hydrogen (secondary N) is 1. The summed E-state index contributed by atoms with van der Waals surface area (Å²) in [7, 11) is 1.69. The van der Waals surface area contributed by atoms with Crippen molar-refractivity contribution in [2.75, 3.05) is 11.1 Å². The molecule has 0 aliphatic heterocycles. The van der Waals surface area contributed by atoms with Gasteiger partial charge >= 0.3 is 0 Å². The molecule has 0 fully saturated rings. The Balaban J connectivity index is 2.13. The zero-order chi connectivity index (χ0) is 13.1. The number of hydrogen-bond acceptors (Lipinski definition) is 3. The van der Waals surface area contributed by atoms with Crippen molar-refractivity contribution < 1.29 is 4.79 Å². The predicted octanol–water partition coefficient (Wildman–Crippen LogP) is 1.82. The van der Waals surface area contributed by atoms with Crippen molar-refractivity contribution in [3.63, 3.8) is 0 Å². The highest BCUT2D eigenvalue weighted by Gasteiger charge is 2.12. The van der Waals surface area contributed by atoms with E-state index in [2.05, 4.69) is 17.3 Å². The van der Waals surface area contributed by atoms with Gasteiger partial charge in [-0.1, -0.05) is 19.1 Å². The monoisotopic (exact) mass is 244 g/mol. The van der Waals surface area contributed by atoms with Gasteiger partial charge in [0.2, 0.25) is 0 Å². The maximum absolute atomic E-state index is 12.0. The van der Waals surface area contributed by atoms with Crippen molar-refractivity contribution in [1.82, 2.24) is 9.78 Å². The van der Waals surface area contributed by atoms with E-state index >= 15 is 0 Å². The van der Waals surface area contributed by atoms with Gasteiger partial charge in [0.05, 0.1) is 0 Å². The summed E-state index contributed by atoms with van der Waals surface area (Å²) in [4.78, 5) is 12.0. The topological polar surface area (TPSA) is 72.9 Å². The highest BCUT2D eigenvalue weighted by Crippen LogP contribution is 2.12. The van der Waals surface area contributed by atoms with Crippen LogP contribution in [0.3, 0.4) is 0 Å². The number of carbonyl (C=O) groups excluding carboxylic acids is 1. The van der Waals surface area contributed by atoms with Gasteiger partial charge in [0, 0.05) is 18.8 Å². The van der Waals surface area contributed by atoms with Crippen molar-refractivity contribution in [2.24, 2.45) is 7.05 Å². The molecule has 0 atom stereocenters. The van der Waals surface area contributed by atoms with E-state index in [1.807, 2.05) is 24.3 Å². The minimum absolute atomic E-state index is 0.217. The fourth-order valence-corrected chi connectivity index (χ4v) is 1.72. The highest BCUT2D eigenvalue weighted by atomic mass is 16.2. The largest absolute Gasteiger partial charge is 0.382 e. The molecule has 0 radical (unpaired) electrons. The van der Waals surface area contributed by atoms with Crippen molar-refractivity contribution in [3.05, 3.63) is 41.6 Å². The summed E-state index contributed by atoms with van der Waals surface area (Å²) in [6, 6.07) is 9.31. The standard InChI is InChI=1S/C13H16N4O/c1-3-9-4-6-10(7-5-9)15-13(18)11-8-12(14)16-17(11)2/h4-8H,3H2,1-2H3,(H2,14,16)(H,15,18). The lowest BCUT2D eigenvalue weighted by Gasteiger charge is -2.05. The third-order valence-corrected chi connectivity index (χ3v) is 2.75. The van der Waals surface area contributed by atoms with Crippen molar-refractivity contribution in [1.29, 1.82) is 0 Å². The molecule has 5 nitrogen and oxygen atoms in total. The molecule has 1 aromatic carbocycles. The van der Waals surface area contributed by atoms with Gasteiger partial charge in [-0.15, -0.1) is 0 Å². The average molecular weight is 244 g/mol. The molecule has 94 valence electrons. The first-order chi connectivity index (χ1) is 8.60. The summed E-state index contributed by atoms with van der Waals surface area (Å²) in [5.74, 6) is 0.120. The van der Waals surface area contributed by atoms with Crippen LogP contribution in [0.5, 0.6) is 0 Å². The predicted molar refractivity (Wildman–Crippen MR) is 71.4 cm³/mol. The smallest absolute Gasteiger partial charge is 0.274 e. The van der Waals surface area contributed by atoms with Gasteiger partial charge in [0.15, 0.2) is 0 Å². The zero-order valence-electron chi connectivity index (χ0n) is 10.5. The number of nitrogen functional groups attached to an aromatic ring is 1. The van der Waals surface area contributed by atoms with Gasteiger partial charge in [-0.05, 0) is 24.1 Å². The van der Waals surface area contributed by atoms with Crippen LogP contribution in [0.25, 0.3) is 0 Å². The molecule has 18 heavy (non-hydrogen) atoms. The second kappa shape index (κ2) is 4.91. The maximum atomic E-state index is 12.0. The number of amides is 1. The fraction of sp³-hybridized carbons (Fsp3) is 0.231. The SMILES string of the molecule is CCc1ccc(NC(=O)c2cc(N)nn2C)cc1. The number of aryl methyl sites for hydroxylation is 2. The molecule has 3 N–H and O–H groups in total. The summed E-state index contributed by atoms with van der Waals surface area (Å²) >= 11 is 0. The van der Waals surface area contributed by atoms with Crippen LogP contribution >= 0.6 is 0 Å². The van der Waals surface area contributed by atoms with E-state index in [9.17, 15) is 4.79 Å². The minimum Gasteiger partial charge on any atom is -0.382 e. The molecule has 0 aliphatic carbocycles. The van der Waals surface area contributed by atoms with Gasteiger partial charge in [-0.2, -0.15) is 5.10 Å². The molecule has 0 bridgehead atoms. The van der Waals surface area contributed by atoms with E-state index in [1.165, 1.54) is 10.2 Å². The molecule has 5 heteroatoms. The lowest BCUT2D eigenvalue weighted by atomic mass is 10.1. The lowest BCUT2D eigenvalue weighted by molar-refractivity contribution is 0.101. The molecular formula is C13H16N4O. The van der Waals surface area contributed by atoms with Gasteiger partial charge < -0.3 is 11.1 Å². The van der Waals surface area contributed by atoms with E-state index in [1.54, 1.807) is 13.1 Å². The Labute approximate surface area is 106 Å². The molecule has 0 aliphatic rings. The Morgan fingerprint density at radius 3 is 2.56 bits per heavy atom. The minimum atomic E-state index is -0.217. The number of rotatable bonds is 3. The fourth-order valence-electron chi connectivity index (χ4n) is 1.72. The van der Waals surface area contributed by atoms with Gasteiger partial charge in [-0.25, -0.2) is 0 Å². The first-order valence-electron chi connectivity index (χ1n) is 5.80. The number of nitrogens with zero attached hydrogens (tertiary/aromatic N) is 2. The van der Waals surface area contributed by atoms with E-state index in [4.69, 9.17) is 5.73 Å². The molecule has 0 saturated heterocycles. The van der Waals surface area contributed by atoms with Crippen molar-refractivity contribution in [3.8, 4) is 0 Å². The van der Waals surface area contributed by atoms with E-state index in [0.717, 1.165) is 12.1 Å². The molecule has 0 saturated carbocycles. The van der Waals surface area contributed by atoms with Gasteiger partial charge in [-0.3, -0.25) is 9.48 Å². The Hall–Kier alpha value is -2.30. The van der Waals surface area contributed by atoms with Gasteiger partial charge in [0.25, 0.3) is 5.91 Å². The number of nitrogens with two attached hydrogens (primary N) is 1. The number of benzene rings is 1. The second-order valence-corrected chi connectivity index (χ2v) is 4.08. The van der Waals surface area contributed by atoms with E-state index in [0.29, 0.717) is 11.5 Å². The van der Waals surface area contributed by atoms with Crippen LogP contribution in [0.2, 0.25) is 0 Å². The quantitative estimate of drug-likeness (QED) is 0.865. The number of anilines is 2. The number of aromatic nitrogens is 2. The first kappa shape index (κ1) is 12.2. The van der Waals surface area contributed by atoms with Crippen LogP contribution in [0.4, 0.5) is 11.5 Å². The van der Waals surface area contributed by atoms with Crippen LogP contribution in [-0.2, 0) is 13.5 Å². The zero-order valence-corrected chi connectivity index (χ0v) is 10.5. The Bertz CT molecular complexity index is 557. The maximum Gasteiger partial charge on any atom is 0.274 e. The summed E-state index contributed by atoms with van der Waals surface area (Å²) in [5.41, 5.74) is 7.97. The lowest BCUT2D eigenvalue weighted by Crippen LogP contribution is -2.15. The first-order valence-corrected chi connectivity index (χ1v) is 5.80. The average Bonchev–Trinajstić information content (AvgIpc) is 2.69. The Morgan fingerprint density at radius 2 is 2.06 bits per heavy atom. The van der Waals surface area contributed by atoms with Crippen LogP contribution in [0.1, 0.15) is 23.0 Å². The van der Waals surface area contributed by atoms with E-state index < -0.39 is 0 Å². The summed E-state index contributed by atoms with van der Waals surface area (Å²) in [5, 5.41) is 6.74. The second-order valence-electron chi connectivity index (χ2n) is 4.08. The highest BCUT2D eigenvalue weighted by molar-refractivity contribution is 6.03. The summed E-state index contributed by atoms with van der Waals surface area (Å²) < 4.78 is 1.46. The molecule has 1 aromatic heterocycles. The summed E-state index contributed by atoms with van der Waals surface area (Å²) in [6.45, 7) is 2.09. The third kappa shape index (κ3) is 2.51. The molecule has 1 amide bonds. The summed E-state index contributed by atoms with van der Waals surface area (Å²) in [6.07, 6.45) is 0.979. The third-order valence-electron chi connectivity index (χ3n) is 2.75. The van der Waals surface area contributed by atoms with Crippen LogP contribution in [-0.4, -0.2) is 15.7 Å². The van der Waals surface area contributed by atoms with Gasteiger partial charge in [0.1, 0.15) is 11.5 Å². The van der Waals surface area contributed by atoms with Crippen LogP contribution in [0, 0.1) is 0 Å². The molecular weight excluding hydrogens is 228 g/mol. The molecule has 1 heterocycles. The molecule has 0 unspecified atom stereocenters. The molecule has 2 rings (SSSR count). The normalized spacial score (nSPS) is 10.3. The van der Waals surface area contributed by atoms with Crippen LogP contribution < -0.4 is 11.1 Å². The van der Waals surface area contributed by atoms with Crippen molar-refractivity contribution >= 4 is 17.4 Å². The van der Waals surface area contributed by atoms with Crippen LogP contribution in [0.15, 0.2) is 30.3 Å². The Kier molecular flexibility index (Phi) is 3.32. The van der Waals surface area contributed by atoms with E-state index in [-0.39, 0.29) is 5.91 Å². The number of hydrogen-bond donors (Lipinski definition) is 2. The Morgan fingerprint density at radius 1 is 1.39 bits per heavy atom. The van der Waals surface area contributed by atoms with Crippen molar-refractivity contribution in [2.45, 2.75) is 13.3 Å². The molecule has 0 spiro atoms.